The number of aliphatic hydroxyl groups excluding tert-OH is 1. The van der Waals surface area contributed by atoms with Crippen molar-refractivity contribution in [3.63, 3.8) is 0 Å². The minimum Gasteiger partial charge on any atom is -0.396 e. The fourth-order valence-electron chi connectivity index (χ4n) is 2.19. The van der Waals surface area contributed by atoms with Crippen molar-refractivity contribution >= 4 is 5.91 Å². The summed E-state index contributed by atoms with van der Waals surface area (Å²) in [5, 5.41) is 12.2. The molecule has 0 aromatic heterocycles. The maximum Gasteiger partial charge on any atom is 0.223 e. The molecule has 2 saturated heterocycles. The van der Waals surface area contributed by atoms with Gasteiger partial charge in [-0.05, 0) is 13.0 Å². The molecule has 0 aromatic rings. The van der Waals surface area contributed by atoms with Crippen LogP contribution in [-0.4, -0.2) is 48.2 Å². The lowest BCUT2D eigenvalue weighted by molar-refractivity contribution is -0.129. The van der Waals surface area contributed by atoms with Crippen molar-refractivity contribution in [1.82, 2.24) is 10.2 Å². The zero-order valence-electron chi connectivity index (χ0n) is 7.70. The largest absolute Gasteiger partial charge is 0.396 e. The summed E-state index contributed by atoms with van der Waals surface area (Å²) in [5.74, 6) is 0.390. The Labute approximate surface area is 77.9 Å². The first kappa shape index (κ1) is 8.97. The van der Waals surface area contributed by atoms with Gasteiger partial charge in [0.2, 0.25) is 5.91 Å². The molecule has 0 radical (unpaired) electrons. The van der Waals surface area contributed by atoms with Crippen LogP contribution in [0.2, 0.25) is 0 Å². The maximum atomic E-state index is 11.5. The van der Waals surface area contributed by atoms with Gasteiger partial charge in [0.1, 0.15) is 0 Å². The van der Waals surface area contributed by atoms with Crippen molar-refractivity contribution in [2.24, 2.45) is 5.92 Å². The lowest BCUT2D eigenvalue weighted by atomic mass is 10.1. The van der Waals surface area contributed by atoms with E-state index in [4.69, 9.17) is 5.11 Å². The van der Waals surface area contributed by atoms with Crippen molar-refractivity contribution in [2.75, 3.05) is 26.2 Å². The third-order valence-corrected chi connectivity index (χ3v) is 2.97. The normalized spacial score (nSPS) is 34.5. The van der Waals surface area contributed by atoms with Gasteiger partial charge in [0.15, 0.2) is 0 Å². The van der Waals surface area contributed by atoms with Gasteiger partial charge in [-0.3, -0.25) is 4.79 Å². The molecular weight excluding hydrogens is 168 g/mol. The molecule has 1 amide bonds. The second-order valence-corrected chi connectivity index (χ2v) is 3.95. The third kappa shape index (κ3) is 1.69. The highest BCUT2D eigenvalue weighted by molar-refractivity contribution is 5.79. The fraction of sp³-hybridized carbons (Fsp3) is 0.889. The zero-order chi connectivity index (χ0) is 9.26. The molecule has 4 heteroatoms. The standard InChI is InChI=1S/C9H16N2O2/c12-6-7-3-9(13)11(5-7)8-1-2-10-4-8/h7-8,10,12H,1-6H2. The first-order chi connectivity index (χ1) is 6.31. The van der Waals surface area contributed by atoms with Crippen molar-refractivity contribution in [3.8, 4) is 0 Å². The number of nitrogens with one attached hydrogen (secondary N) is 1. The number of amides is 1. The Morgan fingerprint density at radius 2 is 2.46 bits per heavy atom. The summed E-state index contributed by atoms with van der Waals surface area (Å²) < 4.78 is 0. The summed E-state index contributed by atoms with van der Waals surface area (Å²) in [6.07, 6.45) is 1.59. The fourth-order valence-corrected chi connectivity index (χ4v) is 2.19. The van der Waals surface area contributed by atoms with E-state index < -0.39 is 0 Å². The quantitative estimate of drug-likeness (QED) is 0.590. The van der Waals surface area contributed by atoms with E-state index in [1.807, 2.05) is 4.90 Å². The number of nitrogens with zero attached hydrogens (tertiary/aromatic N) is 1. The van der Waals surface area contributed by atoms with Crippen LogP contribution in [0.15, 0.2) is 0 Å². The molecule has 2 fully saturated rings. The molecule has 2 N–H and O–H groups in total. The summed E-state index contributed by atoms with van der Waals surface area (Å²) in [4.78, 5) is 13.4. The molecule has 2 aliphatic heterocycles. The van der Waals surface area contributed by atoms with Crippen molar-refractivity contribution in [3.05, 3.63) is 0 Å². The number of carbonyl (C=O) groups excluding carboxylic acids is 1. The molecule has 2 unspecified atom stereocenters. The second kappa shape index (κ2) is 3.64. The molecule has 2 atom stereocenters. The number of carbonyl (C=O) groups is 1. The van der Waals surface area contributed by atoms with Crippen molar-refractivity contribution in [2.45, 2.75) is 18.9 Å². The van der Waals surface area contributed by atoms with Crippen LogP contribution in [0.25, 0.3) is 0 Å². The van der Waals surface area contributed by atoms with Gasteiger partial charge in [0.25, 0.3) is 0 Å². The van der Waals surface area contributed by atoms with E-state index in [1.54, 1.807) is 0 Å². The Morgan fingerprint density at radius 3 is 3.00 bits per heavy atom. The topological polar surface area (TPSA) is 52.6 Å². The Bertz CT molecular complexity index is 202. The summed E-state index contributed by atoms with van der Waals surface area (Å²) in [6, 6.07) is 0.379. The summed E-state index contributed by atoms with van der Waals surface area (Å²) in [5.41, 5.74) is 0. The van der Waals surface area contributed by atoms with Crippen LogP contribution in [0, 0.1) is 5.92 Å². The summed E-state index contributed by atoms with van der Waals surface area (Å²) in [6.45, 7) is 2.83. The highest BCUT2D eigenvalue weighted by Gasteiger charge is 2.34. The molecule has 2 heterocycles. The number of hydrogen-bond donors (Lipinski definition) is 2. The van der Waals surface area contributed by atoms with Gasteiger partial charge in [-0.1, -0.05) is 0 Å². The van der Waals surface area contributed by atoms with Gasteiger partial charge in [-0.2, -0.15) is 0 Å². The van der Waals surface area contributed by atoms with E-state index in [9.17, 15) is 4.79 Å². The van der Waals surface area contributed by atoms with Gasteiger partial charge in [0, 0.05) is 38.1 Å². The highest BCUT2D eigenvalue weighted by atomic mass is 16.3. The van der Waals surface area contributed by atoms with E-state index in [-0.39, 0.29) is 18.4 Å². The number of aliphatic hydroxyl groups is 1. The summed E-state index contributed by atoms with van der Waals surface area (Å²) >= 11 is 0. The smallest absolute Gasteiger partial charge is 0.223 e. The minimum atomic E-state index is 0.141. The van der Waals surface area contributed by atoms with E-state index in [2.05, 4.69) is 5.32 Å². The van der Waals surface area contributed by atoms with Crippen LogP contribution in [0.3, 0.4) is 0 Å². The Balaban J connectivity index is 1.95. The average Bonchev–Trinajstić information content (AvgIpc) is 2.72. The van der Waals surface area contributed by atoms with Gasteiger partial charge in [-0.15, -0.1) is 0 Å². The van der Waals surface area contributed by atoms with Gasteiger partial charge in [0.05, 0.1) is 0 Å². The monoisotopic (exact) mass is 184 g/mol. The SMILES string of the molecule is O=C1CC(CO)CN1C1CCNC1. The molecule has 2 rings (SSSR count). The minimum absolute atomic E-state index is 0.141. The van der Waals surface area contributed by atoms with Crippen LogP contribution in [0.5, 0.6) is 0 Å². The van der Waals surface area contributed by atoms with E-state index in [0.717, 1.165) is 26.1 Å². The van der Waals surface area contributed by atoms with Crippen LogP contribution < -0.4 is 5.32 Å². The predicted molar refractivity (Wildman–Crippen MR) is 48.2 cm³/mol. The zero-order valence-corrected chi connectivity index (χ0v) is 7.70. The first-order valence-electron chi connectivity index (χ1n) is 4.92. The predicted octanol–water partition coefficient (Wildman–Crippen LogP) is -0.811. The van der Waals surface area contributed by atoms with Crippen LogP contribution in [0.1, 0.15) is 12.8 Å². The molecule has 4 nitrogen and oxygen atoms in total. The molecule has 0 bridgehead atoms. The Kier molecular flexibility index (Phi) is 2.51. The van der Waals surface area contributed by atoms with Crippen molar-refractivity contribution < 1.29 is 9.90 Å². The van der Waals surface area contributed by atoms with Crippen LogP contribution in [0.4, 0.5) is 0 Å². The Morgan fingerprint density at radius 1 is 1.62 bits per heavy atom. The molecule has 0 saturated carbocycles. The molecule has 74 valence electrons. The number of likely N-dealkylation sites (tertiary alicyclic amines) is 1. The first-order valence-corrected chi connectivity index (χ1v) is 4.92. The maximum absolute atomic E-state index is 11.5. The van der Waals surface area contributed by atoms with Crippen molar-refractivity contribution in [1.29, 1.82) is 0 Å². The molecule has 0 spiro atoms. The molecule has 0 aromatic carbocycles. The second-order valence-electron chi connectivity index (χ2n) is 3.95. The molecule has 13 heavy (non-hydrogen) atoms. The van der Waals surface area contributed by atoms with Gasteiger partial charge >= 0.3 is 0 Å². The lowest BCUT2D eigenvalue weighted by Gasteiger charge is -2.23. The average molecular weight is 184 g/mol. The molecular formula is C9H16N2O2. The van der Waals surface area contributed by atoms with E-state index in [1.165, 1.54) is 0 Å². The van der Waals surface area contributed by atoms with Gasteiger partial charge < -0.3 is 15.3 Å². The molecule has 2 aliphatic rings. The van der Waals surface area contributed by atoms with E-state index >= 15 is 0 Å². The highest BCUT2D eigenvalue weighted by Crippen LogP contribution is 2.21. The Hall–Kier alpha value is -0.610. The van der Waals surface area contributed by atoms with Crippen LogP contribution in [-0.2, 0) is 4.79 Å². The number of hydrogen-bond acceptors (Lipinski definition) is 3. The molecule has 0 aliphatic carbocycles. The lowest BCUT2D eigenvalue weighted by Crippen LogP contribution is -2.38. The number of rotatable bonds is 2. The van der Waals surface area contributed by atoms with Gasteiger partial charge in [-0.25, -0.2) is 0 Å². The third-order valence-electron chi connectivity index (χ3n) is 2.97. The summed E-state index contributed by atoms with van der Waals surface area (Å²) in [7, 11) is 0. The van der Waals surface area contributed by atoms with E-state index in [0.29, 0.717) is 12.5 Å². The van der Waals surface area contributed by atoms with Crippen LogP contribution >= 0.6 is 0 Å².